The predicted molar refractivity (Wildman–Crippen MR) is 73.6 cm³/mol. The molecule has 1 aliphatic rings. The van der Waals surface area contributed by atoms with Crippen LogP contribution in [0, 0.1) is 19.8 Å². The lowest BCUT2D eigenvalue weighted by atomic mass is 10.1. The van der Waals surface area contributed by atoms with Crippen molar-refractivity contribution in [1.82, 2.24) is 4.90 Å². The van der Waals surface area contributed by atoms with Crippen LogP contribution in [-0.2, 0) is 4.79 Å². The molecule has 0 radical (unpaired) electrons. The summed E-state index contributed by atoms with van der Waals surface area (Å²) in [4.78, 5) is 13.0. The largest absolute Gasteiger partial charge is 0.492 e. The molecular formula is C15H21NO3. The van der Waals surface area contributed by atoms with Gasteiger partial charge in [0.15, 0.2) is 0 Å². The van der Waals surface area contributed by atoms with Gasteiger partial charge in [0, 0.05) is 13.1 Å². The standard InChI is InChI=1S/C15H21NO3/c1-11-3-4-12(2)14(9-11)19-8-7-16-6-5-13(10-16)15(17)18/h3-4,9,13H,5-8,10H2,1-2H3,(H,17,18). The number of hydrogen-bond donors (Lipinski definition) is 1. The van der Waals surface area contributed by atoms with Crippen molar-refractivity contribution < 1.29 is 14.6 Å². The Hall–Kier alpha value is -1.55. The lowest BCUT2D eigenvalue weighted by Gasteiger charge is -2.16. The minimum atomic E-state index is -0.682. The van der Waals surface area contributed by atoms with Crippen molar-refractivity contribution in [2.75, 3.05) is 26.2 Å². The Morgan fingerprint density at radius 1 is 1.47 bits per heavy atom. The van der Waals surface area contributed by atoms with E-state index in [-0.39, 0.29) is 5.92 Å². The number of ether oxygens (including phenoxy) is 1. The van der Waals surface area contributed by atoms with Crippen molar-refractivity contribution >= 4 is 5.97 Å². The molecule has 0 bridgehead atoms. The van der Waals surface area contributed by atoms with E-state index >= 15 is 0 Å². The Kier molecular flexibility index (Phi) is 4.43. The van der Waals surface area contributed by atoms with Crippen LogP contribution in [0.25, 0.3) is 0 Å². The molecule has 1 aromatic carbocycles. The highest BCUT2D eigenvalue weighted by molar-refractivity contribution is 5.70. The Labute approximate surface area is 114 Å². The number of aliphatic carboxylic acids is 1. The van der Waals surface area contributed by atoms with E-state index in [1.54, 1.807) is 0 Å². The van der Waals surface area contributed by atoms with Gasteiger partial charge in [-0.25, -0.2) is 0 Å². The van der Waals surface area contributed by atoms with Crippen molar-refractivity contribution in [3.8, 4) is 5.75 Å². The third-order valence-corrected chi connectivity index (χ3v) is 3.63. The zero-order valence-corrected chi connectivity index (χ0v) is 11.6. The smallest absolute Gasteiger partial charge is 0.307 e. The number of carbonyl (C=O) groups is 1. The normalized spacial score (nSPS) is 19.6. The highest BCUT2D eigenvalue weighted by Gasteiger charge is 2.27. The predicted octanol–water partition coefficient (Wildman–Crippen LogP) is 2.09. The maximum Gasteiger partial charge on any atom is 0.307 e. The third kappa shape index (κ3) is 3.70. The van der Waals surface area contributed by atoms with E-state index in [1.807, 2.05) is 19.9 Å². The van der Waals surface area contributed by atoms with Gasteiger partial charge in [0.05, 0.1) is 5.92 Å². The fraction of sp³-hybridized carbons (Fsp3) is 0.533. The van der Waals surface area contributed by atoms with E-state index < -0.39 is 5.97 Å². The van der Waals surface area contributed by atoms with E-state index in [0.29, 0.717) is 13.2 Å². The van der Waals surface area contributed by atoms with Crippen LogP contribution in [0.3, 0.4) is 0 Å². The van der Waals surface area contributed by atoms with Gasteiger partial charge < -0.3 is 9.84 Å². The maximum atomic E-state index is 10.9. The molecule has 1 aliphatic heterocycles. The topological polar surface area (TPSA) is 49.8 Å². The molecule has 19 heavy (non-hydrogen) atoms. The second-order valence-corrected chi connectivity index (χ2v) is 5.24. The number of hydrogen-bond acceptors (Lipinski definition) is 3. The summed E-state index contributed by atoms with van der Waals surface area (Å²) in [5.41, 5.74) is 2.32. The van der Waals surface area contributed by atoms with Crippen molar-refractivity contribution in [1.29, 1.82) is 0 Å². The molecule has 0 aliphatic carbocycles. The summed E-state index contributed by atoms with van der Waals surface area (Å²) in [6, 6.07) is 6.17. The van der Waals surface area contributed by atoms with Crippen molar-refractivity contribution in [3.63, 3.8) is 0 Å². The first kappa shape index (κ1) is 13.9. The molecule has 1 fully saturated rings. The Bertz CT molecular complexity index is 459. The van der Waals surface area contributed by atoms with Gasteiger partial charge in [-0.1, -0.05) is 12.1 Å². The van der Waals surface area contributed by atoms with E-state index in [4.69, 9.17) is 9.84 Å². The van der Waals surface area contributed by atoms with Gasteiger partial charge in [-0.05, 0) is 44.0 Å². The number of rotatable bonds is 5. The number of likely N-dealkylation sites (tertiary alicyclic amines) is 1. The van der Waals surface area contributed by atoms with E-state index in [1.165, 1.54) is 5.56 Å². The first-order chi connectivity index (χ1) is 9.06. The molecule has 4 heteroatoms. The minimum absolute atomic E-state index is 0.208. The molecule has 0 saturated carbocycles. The second kappa shape index (κ2) is 6.06. The molecule has 1 heterocycles. The van der Waals surface area contributed by atoms with Crippen molar-refractivity contribution in [2.45, 2.75) is 20.3 Å². The molecule has 1 aromatic rings. The summed E-state index contributed by atoms with van der Waals surface area (Å²) in [5, 5.41) is 8.94. The van der Waals surface area contributed by atoms with Crippen LogP contribution < -0.4 is 4.74 Å². The summed E-state index contributed by atoms with van der Waals surface area (Å²) >= 11 is 0. The van der Waals surface area contributed by atoms with Gasteiger partial charge in [-0.3, -0.25) is 9.69 Å². The number of carboxylic acid groups (broad SMARTS) is 1. The van der Waals surface area contributed by atoms with E-state index in [2.05, 4.69) is 17.0 Å². The van der Waals surface area contributed by atoms with Crippen LogP contribution in [0.4, 0.5) is 0 Å². The van der Waals surface area contributed by atoms with Gasteiger partial charge in [0.25, 0.3) is 0 Å². The number of nitrogens with zero attached hydrogens (tertiary/aromatic N) is 1. The number of carboxylic acids is 1. The SMILES string of the molecule is Cc1ccc(C)c(OCCN2CCC(C(=O)O)C2)c1. The molecule has 2 rings (SSSR count). The summed E-state index contributed by atoms with van der Waals surface area (Å²) in [6.45, 7) is 6.97. The van der Waals surface area contributed by atoms with Crippen LogP contribution in [-0.4, -0.2) is 42.2 Å². The summed E-state index contributed by atoms with van der Waals surface area (Å²) in [6.07, 6.45) is 0.749. The van der Waals surface area contributed by atoms with Gasteiger partial charge in [-0.15, -0.1) is 0 Å². The molecule has 0 amide bonds. The van der Waals surface area contributed by atoms with Crippen molar-refractivity contribution in [3.05, 3.63) is 29.3 Å². The van der Waals surface area contributed by atoms with Crippen molar-refractivity contribution in [2.24, 2.45) is 5.92 Å². The highest BCUT2D eigenvalue weighted by atomic mass is 16.5. The van der Waals surface area contributed by atoms with E-state index in [0.717, 1.165) is 30.8 Å². The zero-order chi connectivity index (χ0) is 13.8. The average molecular weight is 263 g/mol. The van der Waals surface area contributed by atoms with E-state index in [9.17, 15) is 4.79 Å². The quantitative estimate of drug-likeness (QED) is 0.883. The van der Waals surface area contributed by atoms with Gasteiger partial charge in [-0.2, -0.15) is 0 Å². The molecule has 1 unspecified atom stereocenters. The maximum absolute atomic E-state index is 10.9. The Morgan fingerprint density at radius 2 is 2.26 bits per heavy atom. The average Bonchev–Trinajstić information content (AvgIpc) is 2.82. The molecular weight excluding hydrogens is 242 g/mol. The van der Waals surface area contributed by atoms with Crippen LogP contribution in [0.15, 0.2) is 18.2 Å². The van der Waals surface area contributed by atoms with Crippen LogP contribution >= 0.6 is 0 Å². The third-order valence-electron chi connectivity index (χ3n) is 3.63. The van der Waals surface area contributed by atoms with Crippen LogP contribution in [0.1, 0.15) is 17.5 Å². The lowest BCUT2D eigenvalue weighted by molar-refractivity contribution is -0.141. The number of benzene rings is 1. The fourth-order valence-corrected chi connectivity index (χ4v) is 2.38. The molecule has 4 nitrogen and oxygen atoms in total. The summed E-state index contributed by atoms with van der Waals surface area (Å²) in [5.74, 6) is 0.0348. The Morgan fingerprint density at radius 3 is 2.95 bits per heavy atom. The van der Waals surface area contributed by atoms with Gasteiger partial charge >= 0.3 is 5.97 Å². The van der Waals surface area contributed by atoms with Gasteiger partial charge in [0.2, 0.25) is 0 Å². The molecule has 0 aromatic heterocycles. The fourth-order valence-electron chi connectivity index (χ4n) is 2.38. The Balaban J connectivity index is 1.78. The molecule has 104 valence electrons. The van der Waals surface area contributed by atoms with Gasteiger partial charge in [0.1, 0.15) is 12.4 Å². The molecule has 1 atom stereocenters. The van der Waals surface area contributed by atoms with Crippen LogP contribution in [0.2, 0.25) is 0 Å². The second-order valence-electron chi connectivity index (χ2n) is 5.24. The minimum Gasteiger partial charge on any atom is -0.492 e. The summed E-state index contributed by atoms with van der Waals surface area (Å²) < 4.78 is 5.79. The van der Waals surface area contributed by atoms with Crippen LogP contribution in [0.5, 0.6) is 5.75 Å². The number of aryl methyl sites for hydroxylation is 2. The molecule has 1 N–H and O–H groups in total. The molecule has 1 saturated heterocycles. The monoisotopic (exact) mass is 263 g/mol. The molecule has 0 spiro atoms. The lowest BCUT2D eigenvalue weighted by Crippen LogP contribution is -2.27. The summed E-state index contributed by atoms with van der Waals surface area (Å²) in [7, 11) is 0. The zero-order valence-electron chi connectivity index (χ0n) is 11.6. The first-order valence-corrected chi connectivity index (χ1v) is 6.71. The highest BCUT2D eigenvalue weighted by Crippen LogP contribution is 2.20. The first-order valence-electron chi connectivity index (χ1n) is 6.71.